The highest BCUT2D eigenvalue weighted by Crippen LogP contribution is 2.32. The van der Waals surface area contributed by atoms with Crippen LogP contribution in [0.15, 0.2) is 24.3 Å². The Balaban J connectivity index is 2.04. The van der Waals surface area contributed by atoms with Gasteiger partial charge in [-0.05, 0) is 25.0 Å². The van der Waals surface area contributed by atoms with Crippen molar-refractivity contribution in [3.05, 3.63) is 24.3 Å². The molecule has 3 rings (SSSR count). The molecule has 23 heavy (non-hydrogen) atoms. The first-order valence-electron chi connectivity index (χ1n) is 8.04. The largest absolute Gasteiger partial charge is 0.368 e. The van der Waals surface area contributed by atoms with E-state index in [1.54, 1.807) is 0 Å². The average Bonchev–Trinajstić information content (AvgIpc) is 2.54. The Morgan fingerprint density at radius 1 is 1.17 bits per heavy atom. The summed E-state index contributed by atoms with van der Waals surface area (Å²) in [6.45, 7) is 0. The SMILES string of the molecule is CN(C)c1nc(NC2(C(N)=O)CCCCC2)nc2ccccc12. The number of benzene rings is 1. The Kier molecular flexibility index (Phi) is 4.07. The molecular weight excluding hydrogens is 290 g/mol. The van der Waals surface area contributed by atoms with Gasteiger partial charge in [0.15, 0.2) is 0 Å². The van der Waals surface area contributed by atoms with Crippen molar-refractivity contribution in [1.82, 2.24) is 9.97 Å². The van der Waals surface area contributed by atoms with E-state index in [2.05, 4.69) is 15.3 Å². The van der Waals surface area contributed by atoms with Crippen LogP contribution in [0.5, 0.6) is 0 Å². The van der Waals surface area contributed by atoms with Crippen molar-refractivity contribution in [3.8, 4) is 0 Å². The second-order valence-electron chi connectivity index (χ2n) is 6.41. The zero-order valence-electron chi connectivity index (χ0n) is 13.7. The predicted molar refractivity (Wildman–Crippen MR) is 92.5 cm³/mol. The molecule has 0 radical (unpaired) electrons. The standard InChI is InChI=1S/C17H23N5O/c1-22(2)14-12-8-4-5-9-13(12)19-16(20-14)21-17(15(18)23)10-6-3-7-11-17/h4-5,8-9H,3,6-7,10-11H2,1-2H3,(H2,18,23)(H,19,20,21). The minimum Gasteiger partial charge on any atom is -0.368 e. The molecule has 1 amide bonds. The van der Waals surface area contributed by atoms with E-state index in [0.29, 0.717) is 5.95 Å². The van der Waals surface area contributed by atoms with Crippen LogP contribution in [0.25, 0.3) is 10.9 Å². The first kappa shape index (κ1) is 15.5. The van der Waals surface area contributed by atoms with Gasteiger partial charge in [0.05, 0.1) is 5.52 Å². The smallest absolute Gasteiger partial charge is 0.243 e. The molecule has 0 unspecified atom stereocenters. The van der Waals surface area contributed by atoms with Gasteiger partial charge in [0.2, 0.25) is 11.9 Å². The van der Waals surface area contributed by atoms with Gasteiger partial charge in [0.25, 0.3) is 0 Å². The fourth-order valence-electron chi connectivity index (χ4n) is 3.26. The molecule has 1 aliphatic carbocycles. The maximum absolute atomic E-state index is 12.1. The zero-order chi connectivity index (χ0) is 16.4. The summed E-state index contributed by atoms with van der Waals surface area (Å²) in [7, 11) is 3.89. The van der Waals surface area contributed by atoms with Crippen LogP contribution in [0.1, 0.15) is 32.1 Å². The predicted octanol–water partition coefficient (Wildman–Crippen LogP) is 2.30. The molecule has 3 N–H and O–H groups in total. The van der Waals surface area contributed by atoms with Gasteiger partial charge in [-0.15, -0.1) is 0 Å². The highest BCUT2D eigenvalue weighted by atomic mass is 16.1. The third kappa shape index (κ3) is 2.93. The van der Waals surface area contributed by atoms with Crippen molar-refractivity contribution in [2.45, 2.75) is 37.6 Å². The van der Waals surface area contributed by atoms with Gasteiger partial charge < -0.3 is 16.0 Å². The topological polar surface area (TPSA) is 84.1 Å². The lowest BCUT2D eigenvalue weighted by Crippen LogP contribution is -2.52. The maximum atomic E-state index is 12.1. The molecule has 6 nitrogen and oxygen atoms in total. The Morgan fingerprint density at radius 3 is 2.52 bits per heavy atom. The van der Waals surface area contributed by atoms with Crippen LogP contribution in [0, 0.1) is 0 Å². The highest BCUT2D eigenvalue weighted by molar-refractivity contribution is 5.91. The van der Waals surface area contributed by atoms with E-state index in [0.717, 1.165) is 48.8 Å². The lowest BCUT2D eigenvalue weighted by molar-refractivity contribution is -0.123. The molecule has 1 heterocycles. The number of nitrogens with two attached hydrogens (primary N) is 1. The highest BCUT2D eigenvalue weighted by Gasteiger charge is 2.38. The Bertz CT molecular complexity index is 722. The van der Waals surface area contributed by atoms with Crippen LogP contribution in [0.4, 0.5) is 11.8 Å². The number of carbonyl (C=O) groups excluding carboxylic acids is 1. The molecule has 1 aromatic carbocycles. The van der Waals surface area contributed by atoms with Gasteiger partial charge in [0, 0.05) is 19.5 Å². The fraction of sp³-hybridized carbons (Fsp3) is 0.471. The van der Waals surface area contributed by atoms with E-state index in [1.165, 1.54) is 0 Å². The maximum Gasteiger partial charge on any atom is 0.243 e. The van der Waals surface area contributed by atoms with E-state index >= 15 is 0 Å². The van der Waals surface area contributed by atoms with Gasteiger partial charge in [0.1, 0.15) is 11.4 Å². The quantitative estimate of drug-likeness (QED) is 0.905. The number of hydrogen-bond acceptors (Lipinski definition) is 5. The summed E-state index contributed by atoms with van der Waals surface area (Å²) in [5.41, 5.74) is 5.81. The first-order valence-corrected chi connectivity index (χ1v) is 8.04. The first-order chi connectivity index (χ1) is 11.0. The summed E-state index contributed by atoms with van der Waals surface area (Å²) in [5, 5.41) is 4.24. The summed E-state index contributed by atoms with van der Waals surface area (Å²) in [5.74, 6) is 0.974. The number of carbonyl (C=O) groups is 1. The molecule has 122 valence electrons. The second-order valence-corrected chi connectivity index (χ2v) is 6.41. The summed E-state index contributed by atoms with van der Waals surface area (Å²) in [6.07, 6.45) is 4.58. The van der Waals surface area contributed by atoms with Crippen molar-refractivity contribution in [3.63, 3.8) is 0 Å². The number of anilines is 2. The molecular formula is C17H23N5O. The molecule has 0 aliphatic heterocycles. The average molecular weight is 313 g/mol. The number of hydrogen-bond donors (Lipinski definition) is 2. The Labute approximate surface area is 136 Å². The van der Waals surface area contributed by atoms with E-state index in [9.17, 15) is 4.79 Å². The van der Waals surface area contributed by atoms with Crippen LogP contribution < -0.4 is 16.0 Å². The summed E-state index contributed by atoms with van der Waals surface area (Å²) in [6, 6.07) is 7.87. The van der Waals surface area contributed by atoms with Crippen LogP contribution in [0.3, 0.4) is 0 Å². The lowest BCUT2D eigenvalue weighted by atomic mass is 9.81. The molecule has 1 saturated carbocycles. The number of nitrogens with one attached hydrogen (secondary N) is 1. The number of para-hydroxylation sites is 1. The monoisotopic (exact) mass is 313 g/mol. The summed E-state index contributed by atoms with van der Waals surface area (Å²) >= 11 is 0. The van der Waals surface area contributed by atoms with E-state index in [-0.39, 0.29) is 5.91 Å². The molecule has 1 aromatic heterocycles. The van der Waals surface area contributed by atoms with Gasteiger partial charge >= 0.3 is 0 Å². The zero-order valence-corrected chi connectivity index (χ0v) is 13.7. The molecule has 0 saturated heterocycles. The summed E-state index contributed by atoms with van der Waals surface area (Å²) in [4.78, 5) is 23.2. The lowest BCUT2D eigenvalue weighted by Gasteiger charge is -2.35. The van der Waals surface area contributed by atoms with Crippen LogP contribution >= 0.6 is 0 Å². The number of amides is 1. The minimum atomic E-state index is -0.732. The van der Waals surface area contributed by atoms with E-state index < -0.39 is 5.54 Å². The Hall–Kier alpha value is -2.37. The molecule has 2 aromatic rings. The molecule has 0 bridgehead atoms. The third-order valence-electron chi connectivity index (χ3n) is 4.54. The fourth-order valence-corrected chi connectivity index (χ4v) is 3.26. The molecule has 0 spiro atoms. The molecule has 1 aliphatic rings. The van der Waals surface area contributed by atoms with Crippen LogP contribution in [-0.4, -0.2) is 35.5 Å². The summed E-state index contributed by atoms with van der Waals surface area (Å²) < 4.78 is 0. The van der Waals surface area contributed by atoms with Crippen molar-refractivity contribution >= 4 is 28.6 Å². The van der Waals surface area contributed by atoms with Gasteiger partial charge in [-0.25, -0.2) is 4.98 Å². The number of primary amides is 1. The van der Waals surface area contributed by atoms with Gasteiger partial charge in [-0.1, -0.05) is 31.4 Å². The number of rotatable bonds is 4. The van der Waals surface area contributed by atoms with E-state index in [4.69, 9.17) is 5.73 Å². The number of fused-ring (bicyclic) bond motifs is 1. The van der Waals surface area contributed by atoms with Crippen molar-refractivity contribution < 1.29 is 4.79 Å². The normalized spacial score (nSPS) is 17.0. The van der Waals surface area contributed by atoms with Crippen LogP contribution in [0.2, 0.25) is 0 Å². The molecule has 1 fully saturated rings. The van der Waals surface area contributed by atoms with Gasteiger partial charge in [-0.2, -0.15) is 4.98 Å². The van der Waals surface area contributed by atoms with Crippen molar-refractivity contribution in [2.75, 3.05) is 24.3 Å². The van der Waals surface area contributed by atoms with Crippen molar-refractivity contribution in [1.29, 1.82) is 0 Å². The molecule has 6 heteroatoms. The van der Waals surface area contributed by atoms with Crippen molar-refractivity contribution in [2.24, 2.45) is 5.73 Å². The minimum absolute atomic E-state index is 0.319. The molecule has 0 atom stereocenters. The number of aromatic nitrogens is 2. The van der Waals surface area contributed by atoms with E-state index in [1.807, 2.05) is 43.3 Å². The van der Waals surface area contributed by atoms with Gasteiger partial charge in [-0.3, -0.25) is 4.79 Å². The third-order valence-corrected chi connectivity index (χ3v) is 4.54. The Morgan fingerprint density at radius 2 is 1.87 bits per heavy atom. The second kappa shape index (κ2) is 6.02. The number of nitrogens with zero attached hydrogens (tertiary/aromatic N) is 3. The van der Waals surface area contributed by atoms with Crippen LogP contribution in [-0.2, 0) is 4.79 Å².